The highest BCUT2D eigenvalue weighted by molar-refractivity contribution is 7.85. The molecule has 0 aliphatic heterocycles. The molecule has 274 valence electrons. The molecule has 0 rings (SSSR count). The van der Waals surface area contributed by atoms with Gasteiger partial charge in [0.15, 0.2) is 0 Å². The summed E-state index contributed by atoms with van der Waals surface area (Å²) in [5.41, 5.74) is 0. The fourth-order valence-electron chi connectivity index (χ4n) is 6.04. The Hall–Kier alpha value is -0.960. The maximum absolute atomic E-state index is 12.6. The van der Waals surface area contributed by atoms with Crippen LogP contribution in [0.15, 0.2) is 12.2 Å². The minimum absolute atomic E-state index is 0.292. The standard InChI is InChI=1S/C38H75NO6S/c1-3-5-7-9-11-13-15-17-18-19-21-23-25-27-29-31-33-37(41)38(42)39-35(34-46(43,44)45)36(40)32-30-28-26-24-22-20-16-14-12-10-8-6-4-2/h17-18,35-37,40-41H,3-16,19-34H2,1-2H3,(H,39,42)(H,43,44,45)/b18-17-. The third-order valence-electron chi connectivity index (χ3n) is 9.08. The van der Waals surface area contributed by atoms with Crippen molar-refractivity contribution in [2.75, 3.05) is 5.75 Å². The van der Waals surface area contributed by atoms with Gasteiger partial charge in [0.2, 0.25) is 5.91 Å². The third kappa shape index (κ3) is 31.6. The van der Waals surface area contributed by atoms with Gasteiger partial charge in [0.05, 0.1) is 17.9 Å². The van der Waals surface area contributed by atoms with E-state index in [0.717, 1.165) is 44.9 Å². The smallest absolute Gasteiger partial charge is 0.266 e. The zero-order valence-electron chi connectivity index (χ0n) is 30.1. The van der Waals surface area contributed by atoms with Gasteiger partial charge in [-0.3, -0.25) is 9.35 Å². The summed E-state index contributed by atoms with van der Waals surface area (Å²) in [5, 5.41) is 23.5. The molecule has 0 spiro atoms. The predicted octanol–water partition coefficient (Wildman–Crippen LogP) is 9.99. The minimum Gasteiger partial charge on any atom is -0.391 e. The van der Waals surface area contributed by atoms with Crippen LogP contribution < -0.4 is 5.32 Å². The average molecular weight is 674 g/mol. The molecule has 4 N–H and O–H groups in total. The molecule has 0 aromatic heterocycles. The average Bonchev–Trinajstić information content (AvgIpc) is 3.01. The van der Waals surface area contributed by atoms with E-state index in [1.54, 1.807) is 0 Å². The monoisotopic (exact) mass is 674 g/mol. The van der Waals surface area contributed by atoms with Crippen LogP contribution in [0, 0.1) is 0 Å². The van der Waals surface area contributed by atoms with Crippen molar-refractivity contribution in [2.24, 2.45) is 0 Å². The highest BCUT2D eigenvalue weighted by Crippen LogP contribution is 2.16. The Bertz CT molecular complexity index is 803. The largest absolute Gasteiger partial charge is 0.391 e. The molecule has 0 aliphatic rings. The van der Waals surface area contributed by atoms with E-state index in [0.29, 0.717) is 25.7 Å². The Morgan fingerprint density at radius 2 is 0.913 bits per heavy atom. The lowest BCUT2D eigenvalue weighted by Gasteiger charge is -2.24. The molecule has 46 heavy (non-hydrogen) atoms. The van der Waals surface area contributed by atoms with Crippen LogP contribution in [0.1, 0.15) is 200 Å². The molecule has 3 atom stereocenters. The lowest BCUT2D eigenvalue weighted by molar-refractivity contribution is -0.131. The van der Waals surface area contributed by atoms with Gasteiger partial charge in [0.25, 0.3) is 10.1 Å². The van der Waals surface area contributed by atoms with Gasteiger partial charge in [-0.2, -0.15) is 8.42 Å². The molecular weight excluding hydrogens is 598 g/mol. The van der Waals surface area contributed by atoms with Crippen LogP contribution in [0.2, 0.25) is 0 Å². The lowest BCUT2D eigenvalue weighted by atomic mass is 10.0. The Balaban J connectivity index is 4.02. The second-order valence-corrected chi connectivity index (χ2v) is 15.2. The Morgan fingerprint density at radius 3 is 1.30 bits per heavy atom. The normalized spacial score (nSPS) is 14.1. The quantitative estimate of drug-likeness (QED) is 0.0302. The molecule has 7 nitrogen and oxygen atoms in total. The first-order valence-corrected chi connectivity index (χ1v) is 21.1. The van der Waals surface area contributed by atoms with Gasteiger partial charge >= 0.3 is 0 Å². The fraction of sp³-hybridized carbons (Fsp3) is 0.921. The van der Waals surface area contributed by atoms with Crippen molar-refractivity contribution in [1.82, 2.24) is 5.32 Å². The van der Waals surface area contributed by atoms with E-state index in [9.17, 15) is 28.0 Å². The summed E-state index contributed by atoms with van der Waals surface area (Å²) in [6.45, 7) is 4.49. The van der Waals surface area contributed by atoms with Crippen molar-refractivity contribution in [3.05, 3.63) is 12.2 Å². The summed E-state index contributed by atoms with van der Waals surface area (Å²) in [6.07, 6.45) is 35.1. The van der Waals surface area contributed by atoms with Gasteiger partial charge in [-0.05, 0) is 38.5 Å². The first-order valence-electron chi connectivity index (χ1n) is 19.5. The molecule has 0 aliphatic carbocycles. The number of hydrogen-bond acceptors (Lipinski definition) is 5. The van der Waals surface area contributed by atoms with E-state index >= 15 is 0 Å². The van der Waals surface area contributed by atoms with Gasteiger partial charge in [-0.25, -0.2) is 0 Å². The molecule has 8 heteroatoms. The molecule has 0 bridgehead atoms. The fourth-order valence-corrected chi connectivity index (χ4v) is 6.80. The van der Waals surface area contributed by atoms with Crippen LogP contribution in [-0.4, -0.2) is 53.1 Å². The number of carbonyl (C=O) groups excluding carboxylic acids is 1. The molecule has 1 amide bonds. The molecule has 0 saturated heterocycles. The molecule has 0 saturated carbocycles. The number of aliphatic hydroxyl groups is 2. The lowest BCUT2D eigenvalue weighted by Crippen LogP contribution is -2.50. The molecule has 0 fully saturated rings. The number of allylic oxidation sites excluding steroid dienone is 2. The summed E-state index contributed by atoms with van der Waals surface area (Å²) >= 11 is 0. The summed E-state index contributed by atoms with van der Waals surface area (Å²) in [4.78, 5) is 12.6. The molecule has 3 unspecified atom stereocenters. The van der Waals surface area contributed by atoms with Crippen molar-refractivity contribution in [2.45, 2.75) is 218 Å². The maximum Gasteiger partial charge on any atom is 0.266 e. The topological polar surface area (TPSA) is 124 Å². The zero-order chi connectivity index (χ0) is 34.1. The van der Waals surface area contributed by atoms with Gasteiger partial charge < -0.3 is 15.5 Å². The molecule has 0 aromatic carbocycles. The summed E-state index contributed by atoms with van der Waals surface area (Å²) < 4.78 is 32.5. The number of amides is 1. The maximum atomic E-state index is 12.6. The van der Waals surface area contributed by atoms with E-state index in [4.69, 9.17) is 0 Å². The van der Waals surface area contributed by atoms with E-state index < -0.39 is 40.0 Å². The van der Waals surface area contributed by atoms with Crippen LogP contribution in [0.3, 0.4) is 0 Å². The van der Waals surface area contributed by atoms with Crippen molar-refractivity contribution < 1.29 is 28.0 Å². The van der Waals surface area contributed by atoms with Crippen molar-refractivity contribution in [3.8, 4) is 0 Å². The number of aliphatic hydroxyl groups excluding tert-OH is 2. The van der Waals surface area contributed by atoms with Crippen LogP contribution in [-0.2, 0) is 14.9 Å². The minimum atomic E-state index is -4.40. The van der Waals surface area contributed by atoms with Crippen LogP contribution in [0.4, 0.5) is 0 Å². The molecule has 0 aromatic rings. The molecular formula is C38H75NO6S. The second-order valence-electron chi connectivity index (χ2n) is 13.7. The molecule has 0 heterocycles. The van der Waals surface area contributed by atoms with Crippen molar-refractivity contribution >= 4 is 16.0 Å². The highest BCUT2D eigenvalue weighted by atomic mass is 32.2. The summed E-state index contributed by atoms with van der Waals surface area (Å²) in [6, 6.07) is -1.14. The second kappa shape index (κ2) is 32.6. The van der Waals surface area contributed by atoms with Crippen LogP contribution in [0.5, 0.6) is 0 Å². The van der Waals surface area contributed by atoms with Gasteiger partial charge in [-0.15, -0.1) is 0 Å². The van der Waals surface area contributed by atoms with Gasteiger partial charge in [-0.1, -0.05) is 174 Å². The van der Waals surface area contributed by atoms with E-state index in [1.807, 2.05) is 0 Å². The number of unbranched alkanes of at least 4 members (excludes halogenated alkanes) is 24. The predicted molar refractivity (Wildman–Crippen MR) is 195 cm³/mol. The Morgan fingerprint density at radius 1 is 0.565 bits per heavy atom. The SMILES string of the molecule is CCCCCCCC/C=C\CCCCCCCCC(O)C(=O)NC(CS(=O)(=O)O)C(O)CCCCCCCCCCCCCCC. The van der Waals surface area contributed by atoms with Crippen molar-refractivity contribution in [1.29, 1.82) is 0 Å². The Labute approximate surface area is 284 Å². The highest BCUT2D eigenvalue weighted by Gasteiger charge is 2.28. The summed E-state index contributed by atoms with van der Waals surface area (Å²) in [7, 11) is -4.40. The molecule has 0 radical (unpaired) electrons. The van der Waals surface area contributed by atoms with Crippen molar-refractivity contribution in [3.63, 3.8) is 0 Å². The number of nitrogens with one attached hydrogen (secondary N) is 1. The third-order valence-corrected chi connectivity index (χ3v) is 9.86. The first kappa shape index (κ1) is 45.0. The first-order chi connectivity index (χ1) is 22.2. The zero-order valence-corrected chi connectivity index (χ0v) is 30.9. The number of carbonyl (C=O) groups is 1. The van der Waals surface area contributed by atoms with E-state index in [-0.39, 0.29) is 0 Å². The van der Waals surface area contributed by atoms with Crippen LogP contribution >= 0.6 is 0 Å². The summed E-state index contributed by atoms with van der Waals surface area (Å²) in [5.74, 6) is -1.45. The van der Waals surface area contributed by atoms with E-state index in [2.05, 4.69) is 31.3 Å². The van der Waals surface area contributed by atoms with Gasteiger partial charge in [0, 0.05) is 0 Å². The van der Waals surface area contributed by atoms with Crippen LogP contribution in [0.25, 0.3) is 0 Å². The number of hydrogen-bond donors (Lipinski definition) is 4. The Kier molecular flexibility index (Phi) is 31.9. The van der Waals surface area contributed by atoms with Gasteiger partial charge in [0.1, 0.15) is 6.10 Å². The van der Waals surface area contributed by atoms with E-state index in [1.165, 1.54) is 116 Å². The number of rotatable bonds is 35.